The van der Waals surface area contributed by atoms with Crippen molar-refractivity contribution in [3.63, 3.8) is 0 Å². The predicted molar refractivity (Wildman–Crippen MR) is 85.6 cm³/mol. The molecule has 1 aliphatic rings. The van der Waals surface area contributed by atoms with Gasteiger partial charge in [0.1, 0.15) is 0 Å². The zero-order valence-electron chi connectivity index (χ0n) is 11.7. The molecule has 3 nitrogen and oxygen atoms in total. The van der Waals surface area contributed by atoms with Crippen LogP contribution in [0.5, 0.6) is 0 Å². The molecule has 3 aromatic rings. The van der Waals surface area contributed by atoms with Crippen molar-refractivity contribution in [3.8, 4) is 16.8 Å². The van der Waals surface area contributed by atoms with Crippen molar-refractivity contribution in [2.75, 3.05) is 5.32 Å². The lowest BCUT2D eigenvalue weighted by molar-refractivity contribution is 1.00. The lowest BCUT2D eigenvalue weighted by Crippen LogP contribution is -2.07. The molecule has 1 heterocycles. The fraction of sp³-hybridized carbons (Fsp3) is 0.167. The van der Waals surface area contributed by atoms with Crippen LogP contribution in [-0.2, 0) is 0 Å². The van der Waals surface area contributed by atoms with E-state index in [0.717, 1.165) is 11.6 Å². The molecule has 0 saturated heterocycles. The maximum atomic E-state index is 4.41. The third-order valence-electron chi connectivity index (χ3n) is 3.80. The average Bonchev–Trinajstić information content (AvgIpc) is 3.24. The number of aromatic nitrogens is 2. The largest absolute Gasteiger partial charge is 0.353 e. The molecule has 3 heteroatoms. The summed E-state index contributed by atoms with van der Waals surface area (Å²) < 4.78 is 2.10. The van der Waals surface area contributed by atoms with Gasteiger partial charge in [-0.2, -0.15) is 0 Å². The zero-order chi connectivity index (χ0) is 14.1. The van der Waals surface area contributed by atoms with Gasteiger partial charge in [0.15, 0.2) is 0 Å². The van der Waals surface area contributed by atoms with E-state index in [4.69, 9.17) is 0 Å². The smallest absolute Gasteiger partial charge is 0.207 e. The summed E-state index contributed by atoms with van der Waals surface area (Å²) in [6.07, 6.45) is 6.34. The Morgan fingerprint density at radius 1 is 0.905 bits per heavy atom. The summed E-state index contributed by atoms with van der Waals surface area (Å²) in [5.74, 6) is 0.935. The molecule has 21 heavy (non-hydrogen) atoms. The molecule has 0 bridgehead atoms. The van der Waals surface area contributed by atoms with Crippen molar-refractivity contribution >= 4 is 5.95 Å². The van der Waals surface area contributed by atoms with E-state index in [1.165, 1.54) is 24.0 Å². The predicted octanol–water partition coefficient (Wildman–Crippen LogP) is 4.11. The van der Waals surface area contributed by atoms with Gasteiger partial charge in [0.2, 0.25) is 5.95 Å². The second-order valence-corrected chi connectivity index (χ2v) is 5.45. The van der Waals surface area contributed by atoms with Gasteiger partial charge in [0.25, 0.3) is 0 Å². The second kappa shape index (κ2) is 5.09. The van der Waals surface area contributed by atoms with Gasteiger partial charge in [-0.25, -0.2) is 4.98 Å². The number of imidazole rings is 1. The molecule has 1 saturated carbocycles. The molecule has 0 atom stereocenters. The molecular formula is C18H17N3. The monoisotopic (exact) mass is 275 g/mol. The third kappa shape index (κ3) is 2.55. The van der Waals surface area contributed by atoms with Crippen molar-refractivity contribution < 1.29 is 0 Å². The number of anilines is 1. The number of rotatable bonds is 4. The van der Waals surface area contributed by atoms with Crippen LogP contribution in [0.4, 0.5) is 5.95 Å². The van der Waals surface area contributed by atoms with E-state index in [1.54, 1.807) is 0 Å². The highest BCUT2D eigenvalue weighted by Crippen LogP contribution is 2.26. The first-order chi connectivity index (χ1) is 10.4. The van der Waals surface area contributed by atoms with Crippen LogP contribution in [0.15, 0.2) is 67.0 Å². The van der Waals surface area contributed by atoms with Gasteiger partial charge in [-0.15, -0.1) is 0 Å². The van der Waals surface area contributed by atoms with Crippen LogP contribution in [0, 0.1) is 0 Å². The van der Waals surface area contributed by atoms with E-state index in [0.29, 0.717) is 6.04 Å². The summed E-state index contributed by atoms with van der Waals surface area (Å²) in [5.41, 5.74) is 3.61. The topological polar surface area (TPSA) is 29.9 Å². The maximum Gasteiger partial charge on any atom is 0.207 e. The molecule has 0 radical (unpaired) electrons. The van der Waals surface area contributed by atoms with Crippen LogP contribution in [0.1, 0.15) is 12.8 Å². The third-order valence-corrected chi connectivity index (χ3v) is 3.80. The molecule has 1 aliphatic carbocycles. The summed E-state index contributed by atoms with van der Waals surface area (Å²) in [4.78, 5) is 4.41. The van der Waals surface area contributed by atoms with Crippen molar-refractivity contribution in [2.45, 2.75) is 18.9 Å². The molecule has 2 aromatic carbocycles. The first-order valence-electron chi connectivity index (χ1n) is 7.36. The highest BCUT2D eigenvalue weighted by molar-refractivity contribution is 5.64. The van der Waals surface area contributed by atoms with Crippen LogP contribution in [0.2, 0.25) is 0 Å². The van der Waals surface area contributed by atoms with Gasteiger partial charge < -0.3 is 5.32 Å². The fourth-order valence-electron chi connectivity index (χ4n) is 2.47. The molecule has 4 rings (SSSR count). The van der Waals surface area contributed by atoms with E-state index in [-0.39, 0.29) is 0 Å². The average molecular weight is 275 g/mol. The van der Waals surface area contributed by atoms with E-state index in [2.05, 4.69) is 63.4 Å². The van der Waals surface area contributed by atoms with Crippen LogP contribution in [0.25, 0.3) is 16.8 Å². The van der Waals surface area contributed by atoms with Crippen LogP contribution >= 0.6 is 0 Å². The minimum absolute atomic E-state index is 0.606. The molecule has 0 unspecified atom stereocenters. The second-order valence-electron chi connectivity index (χ2n) is 5.45. The molecule has 1 aromatic heterocycles. The van der Waals surface area contributed by atoms with Crippen LogP contribution < -0.4 is 5.32 Å². The van der Waals surface area contributed by atoms with E-state index >= 15 is 0 Å². The lowest BCUT2D eigenvalue weighted by atomic mass is 10.1. The molecule has 0 amide bonds. The maximum absolute atomic E-state index is 4.41. The van der Waals surface area contributed by atoms with E-state index in [1.807, 2.05) is 18.5 Å². The minimum Gasteiger partial charge on any atom is -0.353 e. The van der Waals surface area contributed by atoms with Crippen molar-refractivity contribution in [2.24, 2.45) is 0 Å². The van der Waals surface area contributed by atoms with Gasteiger partial charge in [-0.1, -0.05) is 42.5 Å². The first-order valence-corrected chi connectivity index (χ1v) is 7.36. The number of hydrogen-bond acceptors (Lipinski definition) is 2. The van der Waals surface area contributed by atoms with Gasteiger partial charge >= 0.3 is 0 Å². The molecular weight excluding hydrogens is 258 g/mol. The standard InChI is InChI=1S/C18H17N3/c1-2-4-14(5-3-1)15-6-10-17(11-7-15)21-13-12-19-18(21)20-16-8-9-16/h1-7,10-13,16H,8-9H2,(H,19,20). The van der Waals surface area contributed by atoms with Gasteiger partial charge in [-0.05, 0) is 36.1 Å². The first kappa shape index (κ1) is 12.2. The quantitative estimate of drug-likeness (QED) is 0.776. The summed E-state index contributed by atoms with van der Waals surface area (Å²) in [5, 5.41) is 3.46. The Morgan fingerprint density at radius 3 is 2.33 bits per heavy atom. The zero-order valence-corrected chi connectivity index (χ0v) is 11.7. The van der Waals surface area contributed by atoms with Gasteiger partial charge in [-0.3, -0.25) is 4.57 Å². The number of benzene rings is 2. The molecule has 1 N–H and O–H groups in total. The summed E-state index contributed by atoms with van der Waals surface area (Å²) in [6.45, 7) is 0. The number of hydrogen-bond donors (Lipinski definition) is 1. The van der Waals surface area contributed by atoms with Gasteiger partial charge in [0, 0.05) is 24.1 Å². The Labute approximate surface area is 124 Å². The Morgan fingerprint density at radius 2 is 1.62 bits per heavy atom. The van der Waals surface area contributed by atoms with Crippen molar-refractivity contribution in [3.05, 3.63) is 67.0 Å². The molecule has 0 aliphatic heterocycles. The summed E-state index contributed by atoms with van der Waals surface area (Å²) >= 11 is 0. The normalized spacial score (nSPS) is 14.1. The highest BCUT2D eigenvalue weighted by atomic mass is 15.2. The lowest BCUT2D eigenvalue weighted by Gasteiger charge is -2.10. The fourth-order valence-corrected chi connectivity index (χ4v) is 2.47. The molecule has 104 valence electrons. The Balaban J connectivity index is 1.63. The van der Waals surface area contributed by atoms with E-state index < -0.39 is 0 Å². The minimum atomic E-state index is 0.606. The summed E-state index contributed by atoms with van der Waals surface area (Å²) in [6, 6.07) is 19.6. The van der Waals surface area contributed by atoms with Crippen molar-refractivity contribution in [1.29, 1.82) is 0 Å². The van der Waals surface area contributed by atoms with E-state index in [9.17, 15) is 0 Å². The number of nitrogens with one attached hydrogen (secondary N) is 1. The Kier molecular flexibility index (Phi) is 2.96. The highest BCUT2D eigenvalue weighted by Gasteiger charge is 2.22. The SMILES string of the molecule is c1ccc(-c2ccc(-n3ccnc3NC3CC3)cc2)cc1. The van der Waals surface area contributed by atoms with Gasteiger partial charge in [0.05, 0.1) is 0 Å². The van der Waals surface area contributed by atoms with Crippen LogP contribution in [-0.4, -0.2) is 15.6 Å². The Bertz CT molecular complexity index is 725. The molecule has 1 fully saturated rings. The van der Waals surface area contributed by atoms with Crippen LogP contribution in [0.3, 0.4) is 0 Å². The van der Waals surface area contributed by atoms with Crippen molar-refractivity contribution in [1.82, 2.24) is 9.55 Å². The summed E-state index contributed by atoms with van der Waals surface area (Å²) in [7, 11) is 0. The molecule has 0 spiro atoms. The number of nitrogens with zero attached hydrogens (tertiary/aromatic N) is 2. The Hall–Kier alpha value is -2.55.